The summed E-state index contributed by atoms with van der Waals surface area (Å²) in [5, 5.41) is 0. The van der Waals surface area contributed by atoms with Crippen molar-refractivity contribution in [2.45, 2.75) is 26.4 Å². The van der Waals surface area contributed by atoms with Crippen molar-refractivity contribution < 1.29 is 28.7 Å². The molecule has 0 radical (unpaired) electrons. The Morgan fingerprint density at radius 2 is 1.23 bits per heavy atom. The average molecular weight is 404 g/mol. The van der Waals surface area contributed by atoms with E-state index in [0.717, 1.165) is 11.1 Å². The van der Waals surface area contributed by atoms with Crippen LogP contribution in [0.1, 0.15) is 59.0 Å². The van der Waals surface area contributed by atoms with Crippen LogP contribution in [0.5, 0.6) is 11.5 Å². The Hall–Kier alpha value is -3.80. The second-order valence-electron chi connectivity index (χ2n) is 6.98. The Labute approximate surface area is 173 Å². The third-order valence-electron chi connectivity index (χ3n) is 4.60. The fraction of sp³-hybridized carbons (Fsp3) is 0.167. The van der Waals surface area contributed by atoms with E-state index in [4.69, 9.17) is 9.47 Å². The van der Waals surface area contributed by atoms with Gasteiger partial charge in [-0.15, -0.1) is 0 Å². The Morgan fingerprint density at radius 1 is 0.767 bits per heavy atom. The summed E-state index contributed by atoms with van der Waals surface area (Å²) >= 11 is 0. The third-order valence-corrected chi connectivity index (χ3v) is 4.60. The first-order chi connectivity index (χ1) is 14.5. The zero-order valence-corrected chi connectivity index (χ0v) is 16.6. The molecule has 0 aliphatic heterocycles. The molecular weight excluding hydrogens is 384 g/mol. The zero-order chi connectivity index (χ0) is 21.7. The van der Waals surface area contributed by atoms with Gasteiger partial charge in [-0.05, 0) is 67.5 Å². The van der Waals surface area contributed by atoms with Crippen LogP contribution in [0.4, 0.5) is 0 Å². The number of benzene rings is 2. The Kier molecular flexibility index (Phi) is 6.37. The molecule has 1 aliphatic carbocycles. The highest BCUT2D eigenvalue weighted by atomic mass is 16.5. The van der Waals surface area contributed by atoms with Crippen LogP contribution in [0.15, 0.2) is 48.3 Å². The van der Waals surface area contributed by atoms with Gasteiger partial charge in [0.25, 0.3) is 0 Å². The van der Waals surface area contributed by atoms with Crippen molar-refractivity contribution in [2.24, 2.45) is 0 Å². The maximum atomic E-state index is 11.4. The standard InChI is InChI=1S/C24H20O6/c1-15-7-17(11-25)23(18(8-15)12-26)29-21-3-5-22(6-4-21)30-24-19(13-27)9-16(2)10-20(24)14-28/h3-5,7-14,22H,6H2,1-2H3. The van der Waals surface area contributed by atoms with Gasteiger partial charge in [0, 0.05) is 6.42 Å². The van der Waals surface area contributed by atoms with E-state index in [1.807, 2.05) is 0 Å². The van der Waals surface area contributed by atoms with Crippen LogP contribution in [0.25, 0.3) is 0 Å². The maximum absolute atomic E-state index is 11.4. The summed E-state index contributed by atoms with van der Waals surface area (Å²) in [4.78, 5) is 45.5. The van der Waals surface area contributed by atoms with Gasteiger partial charge in [0.2, 0.25) is 0 Å². The van der Waals surface area contributed by atoms with E-state index in [1.165, 1.54) is 0 Å². The van der Waals surface area contributed by atoms with Crippen molar-refractivity contribution in [3.63, 3.8) is 0 Å². The van der Waals surface area contributed by atoms with Crippen molar-refractivity contribution in [2.75, 3.05) is 0 Å². The van der Waals surface area contributed by atoms with Crippen molar-refractivity contribution in [1.29, 1.82) is 0 Å². The van der Waals surface area contributed by atoms with E-state index in [0.29, 0.717) is 48.5 Å². The molecule has 3 rings (SSSR count). The molecule has 1 unspecified atom stereocenters. The summed E-state index contributed by atoms with van der Waals surface area (Å²) in [6.07, 6.45) is 7.75. The van der Waals surface area contributed by atoms with Gasteiger partial charge in [0.1, 0.15) is 23.4 Å². The number of rotatable bonds is 8. The number of hydrogen-bond acceptors (Lipinski definition) is 6. The first-order valence-corrected chi connectivity index (χ1v) is 9.32. The molecule has 2 aromatic rings. The lowest BCUT2D eigenvalue weighted by Gasteiger charge is -2.21. The molecule has 0 saturated carbocycles. The quantitative estimate of drug-likeness (QED) is 0.612. The number of carbonyl (C=O) groups excluding carboxylic acids is 4. The normalized spacial score (nSPS) is 15.1. The Bertz CT molecular complexity index is 1020. The van der Waals surface area contributed by atoms with Crippen molar-refractivity contribution in [1.82, 2.24) is 0 Å². The number of ether oxygens (including phenoxy) is 2. The first-order valence-electron chi connectivity index (χ1n) is 9.32. The minimum absolute atomic E-state index is 0.200. The summed E-state index contributed by atoms with van der Waals surface area (Å²) < 4.78 is 11.7. The van der Waals surface area contributed by atoms with Gasteiger partial charge < -0.3 is 9.47 Å². The van der Waals surface area contributed by atoms with Crippen LogP contribution in [-0.2, 0) is 0 Å². The lowest BCUT2D eigenvalue weighted by atomic mass is 10.0. The van der Waals surface area contributed by atoms with Gasteiger partial charge in [-0.25, -0.2) is 0 Å². The second kappa shape index (κ2) is 9.13. The lowest BCUT2D eigenvalue weighted by Crippen LogP contribution is -2.18. The number of aryl methyl sites for hydroxylation is 2. The van der Waals surface area contributed by atoms with Crippen LogP contribution in [-0.4, -0.2) is 31.2 Å². The summed E-state index contributed by atoms with van der Waals surface area (Å²) in [5.41, 5.74) is 2.76. The van der Waals surface area contributed by atoms with E-state index >= 15 is 0 Å². The van der Waals surface area contributed by atoms with E-state index in [9.17, 15) is 19.2 Å². The summed E-state index contributed by atoms with van der Waals surface area (Å²) in [6, 6.07) is 6.61. The molecule has 0 amide bonds. The van der Waals surface area contributed by atoms with Gasteiger partial charge in [0.15, 0.2) is 25.1 Å². The molecule has 30 heavy (non-hydrogen) atoms. The van der Waals surface area contributed by atoms with Crippen molar-refractivity contribution in [3.05, 3.63) is 81.6 Å². The van der Waals surface area contributed by atoms with Gasteiger partial charge >= 0.3 is 0 Å². The van der Waals surface area contributed by atoms with Crippen molar-refractivity contribution in [3.8, 4) is 11.5 Å². The van der Waals surface area contributed by atoms with Crippen LogP contribution in [0, 0.1) is 13.8 Å². The number of aldehydes is 4. The van der Waals surface area contributed by atoms with Gasteiger partial charge in [-0.3, -0.25) is 19.2 Å². The first kappa shape index (κ1) is 20.9. The molecule has 6 heteroatoms. The molecule has 0 N–H and O–H groups in total. The molecular formula is C24H20O6. The molecule has 1 atom stereocenters. The summed E-state index contributed by atoms with van der Waals surface area (Å²) in [6.45, 7) is 3.58. The SMILES string of the molecule is Cc1cc(C=O)c(OC2=CCC(Oc3c(C=O)cc(C)cc3C=O)C=C2)c(C=O)c1. The minimum atomic E-state index is -0.411. The molecule has 0 fully saturated rings. The van der Waals surface area contributed by atoms with E-state index in [-0.39, 0.29) is 22.6 Å². The molecule has 152 valence electrons. The van der Waals surface area contributed by atoms with Crippen molar-refractivity contribution >= 4 is 25.1 Å². The highest BCUT2D eigenvalue weighted by molar-refractivity contribution is 5.90. The molecule has 0 saturated heterocycles. The second-order valence-corrected chi connectivity index (χ2v) is 6.98. The highest BCUT2D eigenvalue weighted by Gasteiger charge is 2.18. The summed E-state index contributed by atoms with van der Waals surface area (Å²) in [7, 11) is 0. The zero-order valence-electron chi connectivity index (χ0n) is 16.6. The predicted molar refractivity (Wildman–Crippen MR) is 111 cm³/mol. The number of hydrogen-bond donors (Lipinski definition) is 0. The van der Waals surface area contributed by atoms with Crippen LogP contribution >= 0.6 is 0 Å². The smallest absolute Gasteiger partial charge is 0.153 e. The fourth-order valence-corrected chi connectivity index (χ4v) is 3.28. The molecule has 0 heterocycles. The number of carbonyl (C=O) groups is 4. The van der Waals surface area contributed by atoms with E-state index in [1.54, 1.807) is 56.3 Å². The highest BCUT2D eigenvalue weighted by Crippen LogP contribution is 2.29. The Morgan fingerprint density at radius 3 is 1.63 bits per heavy atom. The van der Waals surface area contributed by atoms with Crippen LogP contribution in [0.2, 0.25) is 0 Å². The van der Waals surface area contributed by atoms with E-state index in [2.05, 4.69) is 0 Å². The molecule has 0 spiro atoms. The fourth-order valence-electron chi connectivity index (χ4n) is 3.28. The molecule has 0 aromatic heterocycles. The third kappa shape index (κ3) is 4.43. The minimum Gasteiger partial charge on any atom is -0.485 e. The van der Waals surface area contributed by atoms with Gasteiger partial charge in [-0.2, -0.15) is 0 Å². The summed E-state index contributed by atoms with van der Waals surface area (Å²) in [5.74, 6) is 0.897. The lowest BCUT2D eigenvalue weighted by molar-refractivity contribution is 0.110. The average Bonchev–Trinajstić information content (AvgIpc) is 2.76. The monoisotopic (exact) mass is 404 g/mol. The van der Waals surface area contributed by atoms with Crippen LogP contribution in [0.3, 0.4) is 0 Å². The van der Waals surface area contributed by atoms with Gasteiger partial charge in [-0.1, -0.05) is 0 Å². The molecule has 0 bridgehead atoms. The molecule has 2 aromatic carbocycles. The van der Waals surface area contributed by atoms with Gasteiger partial charge in [0.05, 0.1) is 22.3 Å². The van der Waals surface area contributed by atoms with Crippen LogP contribution < -0.4 is 9.47 Å². The predicted octanol–water partition coefficient (Wildman–Crippen LogP) is 4.22. The maximum Gasteiger partial charge on any atom is 0.153 e. The Balaban J connectivity index is 1.79. The molecule has 1 aliphatic rings. The largest absolute Gasteiger partial charge is 0.485 e. The molecule has 6 nitrogen and oxygen atoms in total. The topological polar surface area (TPSA) is 86.7 Å². The van der Waals surface area contributed by atoms with E-state index < -0.39 is 6.10 Å². The number of allylic oxidation sites excluding steroid dienone is 1.